The highest BCUT2D eigenvalue weighted by molar-refractivity contribution is 5.79. The molecule has 1 heterocycles. The molecule has 0 radical (unpaired) electrons. The van der Waals surface area contributed by atoms with Crippen LogP contribution in [0.2, 0.25) is 0 Å². The lowest BCUT2D eigenvalue weighted by molar-refractivity contribution is -0.139. The van der Waals surface area contributed by atoms with Crippen LogP contribution in [0.25, 0.3) is 0 Å². The van der Waals surface area contributed by atoms with E-state index in [-0.39, 0.29) is 5.54 Å². The molecule has 2 rings (SSSR count). The molecular formula is C16H30N2O. The molecular weight excluding hydrogens is 236 g/mol. The van der Waals surface area contributed by atoms with Crippen LogP contribution >= 0.6 is 0 Å². The van der Waals surface area contributed by atoms with Crippen molar-refractivity contribution in [1.29, 1.82) is 0 Å². The molecule has 2 aliphatic rings. The third-order valence-electron chi connectivity index (χ3n) is 5.27. The van der Waals surface area contributed by atoms with Crippen LogP contribution in [0.3, 0.4) is 0 Å². The first-order valence-electron chi connectivity index (χ1n) is 8.08. The van der Waals surface area contributed by atoms with E-state index in [0.29, 0.717) is 11.8 Å². The molecule has 1 aliphatic carbocycles. The Labute approximate surface area is 118 Å². The molecule has 0 aromatic heterocycles. The van der Waals surface area contributed by atoms with Gasteiger partial charge in [-0.15, -0.1) is 0 Å². The van der Waals surface area contributed by atoms with Gasteiger partial charge in [-0.1, -0.05) is 26.2 Å². The molecule has 0 aromatic rings. The molecule has 1 saturated carbocycles. The largest absolute Gasteiger partial charge is 0.340 e. The first-order valence-corrected chi connectivity index (χ1v) is 8.08. The zero-order chi connectivity index (χ0) is 13.9. The molecule has 1 amide bonds. The summed E-state index contributed by atoms with van der Waals surface area (Å²) in [6, 6.07) is 0. The van der Waals surface area contributed by atoms with E-state index in [0.717, 1.165) is 39.0 Å². The fourth-order valence-electron chi connectivity index (χ4n) is 3.36. The minimum atomic E-state index is 0.278. The van der Waals surface area contributed by atoms with Gasteiger partial charge in [0.05, 0.1) is 0 Å². The molecule has 0 spiro atoms. The summed E-state index contributed by atoms with van der Waals surface area (Å²) in [4.78, 5) is 17.1. The van der Waals surface area contributed by atoms with Crippen molar-refractivity contribution >= 4 is 5.91 Å². The van der Waals surface area contributed by atoms with Crippen LogP contribution in [0.1, 0.15) is 59.3 Å². The highest BCUT2D eigenvalue weighted by atomic mass is 16.2. The van der Waals surface area contributed by atoms with Gasteiger partial charge in [0.2, 0.25) is 5.91 Å². The SMILES string of the molecule is CCC(C)(C)N1CCN(C(=O)C2CCCCC2)CC1. The van der Waals surface area contributed by atoms with Crippen LogP contribution in [0.15, 0.2) is 0 Å². The van der Waals surface area contributed by atoms with E-state index >= 15 is 0 Å². The molecule has 2 fully saturated rings. The van der Waals surface area contributed by atoms with Gasteiger partial charge in [-0.05, 0) is 33.1 Å². The quantitative estimate of drug-likeness (QED) is 0.784. The van der Waals surface area contributed by atoms with Crippen LogP contribution in [0.5, 0.6) is 0 Å². The van der Waals surface area contributed by atoms with E-state index in [1.54, 1.807) is 0 Å². The lowest BCUT2D eigenvalue weighted by atomic mass is 9.88. The summed E-state index contributed by atoms with van der Waals surface area (Å²) in [5, 5.41) is 0. The number of carbonyl (C=O) groups excluding carboxylic acids is 1. The van der Waals surface area contributed by atoms with Crippen molar-refractivity contribution in [3.8, 4) is 0 Å². The van der Waals surface area contributed by atoms with Gasteiger partial charge in [-0.25, -0.2) is 0 Å². The summed E-state index contributed by atoms with van der Waals surface area (Å²) in [5.74, 6) is 0.771. The first-order chi connectivity index (χ1) is 9.04. The van der Waals surface area contributed by atoms with E-state index < -0.39 is 0 Å². The lowest BCUT2D eigenvalue weighted by Gasteiger charge is -2.44. The number of amides is 1. The smallest absolute Gasteiger partial charge is 0.225 e. The van der Waals surface area contributed by atoms with Crippen LogP contribution in [0.4, 0.5) is 0 Å². The van der Waals surface area contributed by atoms with Gasteiger partial charge in [-0.2, -0.15) is 0 Å². The van der Waals surface area contributed by atoms with Gasteiger partial charge in [0.1, 0.15) is 0 Å². The van der Waals surface area contributed by atoms with Gasteiger partial charge < -0.3 is 4.90 Å². The summed E-state index contributed by atoms with van der Waals surface area (Å²) in [5.41, 5.74) is 0.278. The van der Waals surface area contributed by atoms with Crippen molar-refractivity contribution in [3.05, 3.63) is 0 Å². The lowest BCUT2D eigenvalue weighted by Crippen LogP contribution is -2.56. The zero-order valence-corrected chi connectivity index (χ0v) is 13.0. The molecule has 1 aliphatic heterocycles. The maximum Gasteiger partial charge on any atom is 0.225 e. The molecule has 3 heteroatoms. The molecule has 0 aromatic carbocycles. The Balaban J connectivity index is 1.84. The van der Waals surface area contributed by atoms with Crippen molar-refractivity contribution < 1.29 is 4.79 Å². The topological polar surface area (TPSA) is 23.6 Å². The summed E-state index contributed by atoms with van der Waals surface area (Å²) >= 11 is 0. The predicted molar refractivity (Wildman–Crippen MR) is 79.1 cm³/mol. The zero-order valence-electron chi connectivity index (χ0n) is 13.0. The van der Waals surface area contributed by atoms with Crippen molar-refractivity contribution in [1.82, 2.24) is 9.80 Å². The molecule has 110 valence electrons. The molecule has 0 atom stereocenters. The molecule has 0 bridgehead atoms. The minimum absolute atomic E-state index is 0.278. The Bertz CT molecular complexity index is 300. The first kappa shape index (κ1) is 14.8. The number of piperazine rings is 1. The summed E-state index contributed by atoms with van der Waals surface area (Å²) < 4.78 is 0. The predicted octanol–water partition coefficient (Wildman–Crippen LogP) is 2.90. The molecule has 0 N–H and O–H groups in total. The Morgan fingerprint density at radius 1 is 1.05 bits per heavy atom. The van der Waals surface area contributed by atoms with Gasteiger partial charge in [-0.3, -0.25) is 9.69 Å². The maximum absolute atomic E-state index is 12.5. The second-order valence-corrected chi connectivity index (χ2v) is 6.81. The van der Waals surface area contributed by atoms with Crippen molar-refractivity contribution in [2.75, 3.05) is 26.2 Å². The van der Waals surface area contributed by atoms with Crippen molar-refractivity contribution in [2.45, 2.75) is 64.8 Å². The van der Waals surface area contributed by atoms with Crippen LogP contribution in [0, 0.1) is 5.92 Å². The van der Waals surface area contributed by atoms with Crippen molar-refractivity contribution in [2.24, 2.45) is 5.92 Å². The maximum atomic E-state index is 12.5. The Hall–Kier alpha value is -0.570. The van der Waals surface area contributed by atoms with Gasteiger partial charge in [0.25, 0.3) is 0 Å². The summed E-state index contributed by atoms with van der Waals surface area (Å²) in [6.45, 7) is 10.8. The van der Waals surface area contributed by atoms with E-state index in [9.17, 15) is 4.79 Å². The van der Waals surface area contributed by atoms with Gasteiger partial charge in [0, 0.05) is 37.6 Å². The summed E-state index contributed by atoms with van der Waals surface area (Å²) in [7, 11) is 0. The average molecular weight is 266 g/mol. The Morgan fingerprint density at radius 3 is 2.16 bits per heavy atom. The van der Waals surface area contributed by atoms with Crippen LogP contribution in [-0.4, -0.2) is 47.4 Å². The Morgan fingerprint density at radius 2 is 1.63 bits per heavy atom. The average Bonchev–Trinajstić information content (AvgIpc) is 2.47. The number of nitrogens with zero attached hydrogens (tertiary/aromatic N) is 2. The number of hydrogen-bond donors (Lipinski definition) is 0. The van der Waals surface area contributed by atoms with E-state index in [1.807, 2.05) is 0 Å². The normalized spacial score (nSPS) is 23.6. The fraction of sp³-hybridized carbons (Fsp3) is 0.938. The van der Waals surface area contributed by atoms with Gasteiger partial charge in [0.15, 0.2) is 0 Å². The van der Waals surface area contributed by atoms with Crippen molar-refractivity contribution in [3.63, 3.8) is 0 Å². The second-order valence-electron chi connectivity index (χ2n) is 6.81. The van der Waals surface area contributed by atoms with E-state index in [1.165, 1.54) is 25.7 Å². The highest BCUT2D eigenvalue weighted by Gasteiger charge is 2.32. The third kappa shape index (κ3) is 3.50. The molecule has 0 unspecified atom stereocenters. The minimum Gasteiger partial charge on any atom is -0.340 e. The number of hydrogen-bond acceptors (Lipinski definition) is 2. The fourth-order valence-corrected chi connectivity index (χ4v) is 3.36. The monoisotopic (exact) mass is 266 g/mol. The van der Waals surface area contributed by atoms with E-state index in [4.69, 9.17) is 0 Å². The van der Waals surface area contributed by atoms with Gasteiger partial charge >= 0.3 is 0 Å². The highest BCUT2D eigenvalue weighted by Crippen LogP contribution is 2.27. The summed E-state index contributed by atoms with van der Waals surface area (Å²) in [6.07, 6.45) is 7.24. The van der Waals surface area contributed by atoms with Crippen LogP contribution in [-0.2, 0) is 4.79 Å². The standard InChI is InChI=1S/C16H30N2O/c1-4-16(2,3)18-12-10-17(11-13-18)15(19)14-8-6-5-7-9-14/h14H,4-13H2,1-3H3. The molecule has 19 heavy (non-hydrogen) atoms. The van der Waals surface area contributed by atoms with E-state index in [2.05, 4.69) is 30.6 Å². The molecule has 1 saturated heterocycles. The molecule has 3 nitrogen and oxygen atoms in total. The third-order valence-corrected chi connectivity index (χ3v) is 5.27. The van der Waals surface area contributed by atoms with Crippen LogP contribution < -0.4 is 0 Å². The Kier molecular flexibility index (Phi) is 4.88. The number of carbonyl (C=O) groups is 1. The second kappa shape index (κ2) is 6.25. The number of rotatable bonds is 3.